The Labute approximate surface area is 213 Å². The lowest BCUT2D eigenvalue weighted by molar-refractivity contribution is 1.03. The van der Waals surface area contributed by atoms with E-state index in [1.807, 2.05) is 0 Å². The Morgan fingerprint density at radius 1 is 0.657 bits per heavy atom. The molecule has 0 bridgehead atoms. The van der Waals surface area contributed by atoms with Crippen LogP contribution in [0.3, 0.4) is 0 Å². The van der Waals surface area contributed by atoms with Crippen LogP contribution in [0, 0.1) is 0 Å². The van der Waals surface area contributed by atoms with E-state index in [-0.39, 0.29) is 0 Å². The minimum Gasteiger partial charge on any atom is -0.111 e. The second-order valence-corrected chi connectivity index (χ2v) is 12.1. The maximum absolute atomic E-state index is 4.76. The summed E-state index contributed by atoms with van der Waals surface area (Å²) < 4.78 is 3.03. The van der Waals surface area contributed by atoms with Gasteiger partial charge in [0.25, 0.3) is 0 Å². The van der Waals surface area contributed by atoms with E-state index in [0.717, 1.165) is 17.6 Å². The summed E-state index contributed by atoms with van der Waals surface area (Å²) >= 11 is -1.85. The molecule has 0 spiro atoms. The topological polar surface area (TPSA) is 0 Å². The van der Waals surface area contributed by atoms with Crippen molar-refractivity contribution < 1.29 is 0 Å². The average Bonchev–Trinajstić information content (AvgIpc) is 2.95. The average molecular weight is 465 g/mol. The maximum atomic E-state index is 4.76. The molecule has 1 aliphatic carbocycles. The van der Waals surface area contributed by atoms with Gasteiger partial charge in [-0.05, 0) is 44.6 Å². The van der Waals surface area contributed by atoms with Gasteiger partial charge in [0.15, 0.2) is 0 Å². The van der Waals surface area contributed by atoms with E-state index >= 15 is 0 Å². The Bertz CT molecular complexity index is 1380. The van der Waals surface area contributed by atoms with E-state index in [2.05, 4.69) is 140 Å². The van der Waals surface area contributed by atoms with Crippen molar-refractivity contribution in [2.75, 3.05) is 0 Å². The van der Waals surface area contributed by atoms with E-state index in [0.29, 0.717) is 4.78 Å². The fourth-order valence-corrected chi connectivity index (χ4v) is 9.06. The monoisotopic (exact) mass is 464 g/mol. The minimum atomic E-state index is -1.85. The van der Waals surface area contributed by atoms with Crippen molar-refractivity contribution in [2.45, 2.75) is 11.2 Å². The Morgan fingerprint density at radius 3 is 1.91 bits per heavy atom. The summed E-state index contributed by atoms with van der Waals surface area (Å²) in [7, 11) is 0. The zero-order chi connectivity index (χ0) is 24.0. The minimum absolute atomic E-state index is 0.389. The Balaban J connectivity index is 1.67. The summed E-state index contributed by atoms with van der Waals surface area (Å²) in [6, 6.07) is 41.1. The molecule has 0 nitrogen and oxygen atoms in total. The molecule has 4 aromatic rings. The highest BCUT2D eigenvalue weighted by Gasteiger charge is 2.38. The fraction of sp³-hybridized carbons (Fsp3) is 0.0588. The van der Waals surface area contributed by atoms with Gasteiger partial charge in [-0.1, -0.05) is 144 Å². The molecule has 0 heterocycles. The summed E-state index contributed by atoms with van der Waals surface area (Å²) in [5.74, 6) is 0. The van der Waals surface area contributed by atoms with E-state index < -0.39 is 14.1 Å². The van der Waals surface area contributed by atoms with Gasteiger partial charge < -0.3 is 0 Å². The normalized spacial score (nSPS) is 14.7. The number of hydrogen-bond acceptors (Lipinski definition) is 0. The molecule has 0 saturated carbocycles. The summed E-state index contributed by atoms with van der Waals surface area (Å²) in [6.45, 7) is 9.32. The standard InChI is InChI=1S/C12H11.C12H9.C10H9.Al/c2*1-3-7-11(8-4-1)12-9-5-2-6-10-12;1-3-9(2)10-7-5-4-6-8-10;/h1-5,7-10H,6H2;1-9H;4-8H,1-2H2;. The third-order valence-corrected chi connectivity index (χ3v) is 10.7. The van der Waals surface area contributed by atoms with Crippen molar-refractivity contribution in [3.05, 3.63) is 162 Å². The molecule has 0 aliphatic heterocycles. The molecule has 1 unspecified atom stereocenters. The van der Waals surface area contributed by atoms with Crippen molar-refractivity contribution in [1.29, 1.82) is 0 Å². The third kappa shape index (κ3) is 4.94. The molecule has 35 heavy (non-hydrogen) atoms. The lowest BCUT2D eigenvalue weighted by Gasteiger charge is -2.31. The van der Waals surface area contributed by atoms with Crippen LogP contribution in [0.15, 0.2) is 151 Å². The molecule has 5 rings (SSSR count). The SMILES string of the molecule is C=C([C](=C)[Al]([c]1ccccc1-c1ccccc1)[CH]1CC=CC=C1c1ccccc1)c1ccccc1. The molecule has 4 aromatic carbocycles. The smallest absolute Gasteiger partial charge is 0.111 e. The second-order valence-electron chi connectivity index (χ2n) is 9.06. The van der Waals surface area contributed by atoms with Gasteiger partial charge >= 0.3 is 14.1 Å². The number of allylic oxidation sites excluding steroid dienone is 6. The van der Waals surface area contributed by atoms with Crippen LogP contribution in [0.5, 0.6) is 0 Å². The van der Waals surface area contributed by atoms with Crippen molar-refractivity contribution in [3.8, 4) is 11.1 Å². The first kappa shape index (κ1) is 23.1. The van der Waals surface area contributed by atoms with Crippen molar-refractivity contribution in [2.24, 2.45) is 0 Å². The zero-order valence-corrected chi connectivity index (χ0v) is 21.1. The lowest BCUT2D eigenvalue weighted by Crippen LogP contribution is -2.39. The van der Waals surface area contributed by atoms with Crippen LogP contribution >= 0.6 is 0 Å². The molecule has 168 valence electrons. The molecule has 0 radical (unpaired) electrons. The van der Waals surface area contributed by atoms with Gasteiger partial charge in [0.2, 0.25) is 0 Å². The highest BCUT2D eigenvalue weighted by atomic mass is 27.2. The van der Waals surface area contributed by atoms with Crippen molar-refractivity contribution in [3.63, 3.8) is 0 Å². The highest BCUT2D eigenvalue weighted by molar-refractivity contribution is 6.85. The molecule has 0 fully saturated rings. The molecule has 0 amide bonds. The molecule has 1 aliphatic rings. The van der Waals surface area contributed by atoms with Crippen LogP contribution in [0.25, 0.3) is 22.3 Å². The second kappa shape index (κ2) is 10.7. The van der Waals surface area contributed by atoms with Gasteiger partial charge in [-0.15, -0.1) is 11.0 Å². The van der Waals surface area contributed by atoms with Crippen molar-refractivity contribution >= 4 is 29.7 Å². The predicted molar refractivity (Wildman–Crippen MR) is 154 cm³/mol. The van der Waals surface area contributed by atoms with E-state index in [1.165, 1.54) is 31.1 Å². The van der Waals surface area contributed by atoms with Crippen LogP contribution in [-0.2, 0) is 0 Å². The molecule has 0 aromatic heterocycles. The van der Waals surface area contributed by atoms with Gasteiger partial charge in [0, 0.05) is 0 Å². The Morgan fingerprint density at radius 2 is 1.23 bits per heavy atom. The van der Waals surface area contributed by atoms with Crippen LogP contribution < -0.4 is 4.43 Å². The third-order valence-electron chi connectivity index (χ3n) is 6.98. The summed E-state index contributed by atoms with van der Waals surface area (Å²) in [5, 5.41) is 0. The fourth-order valence-electron chi connectivity index (χ4n) is 5.21. The molecule has 0 N–H and O–H groups in total. The van der Waals surface area contributed by atoms with Crippen LogP contribution in [0.1, 0.15) is 17.5 Å². The number of rotatable bonds is 7. The summed E-state index contributed by atoms with van der Waals surface area (Å²) in [4.78, 5) is 0. The van der Waals surface area contributed by atoms with Gasteiger partial charge in [-0.25, -0.2) is 0 Å². The molecular weight excluding hydrogens is 435 g/mol. The molecular formula is C34H29Al. The maximum Gasteiger partial charge on any atom is 0.354 e. The van der Waals surface area contributed by atoms with Gasteiger partial charge in [-0.2, -0.15) is 0 Å². The van der Waals surface area contributed by atoms with E-state index in [1.54, 1.807) is 0 Å². The Kier molecular flexibility index (Phi) is 7.10. The molecule has 1 atom stereocenters. The Hall–Kier alpha value is -3.63. The first-order chi connectivity index (χ1) is 17.2. The zero-order valence-electron chi connectivity index (χ0n) is 20.0. The summed E-state index contributed by atoms with van der Waals surface area (Å²) in [6.07, 6.45) is 7.86. The van der Waals surface area contributed by atoms with E-state index in [4.69, 9.17) is 6.58 Å². The summed E-state index contributed by atoms with van der Waals surface area (Å²) in [5.41, 5.74) is 7.50. The molecule has 0 saturated heterocycles. The lowest BCUT2D eigenvalue weighted by atomic mass is 9.97. The van der Waals surface area contributed by atoms with Crippen LogP contribution in [0.4, 0.5) is 0 Å². The van der Waals surface area contributed by atoms with Crippen LogP contribution in [0.2, 0.25) is 4.78 Å². The predicted octanol–water partition coefficient (Wildman–Crippen LogP) is 8.28. The first-order valence-corrected chi connectivity index (χ1v) is 14.1. The van der Waals surface area contributed by atoms with Crippen LogP contribution in [-0.4, -0.2) is 14.1 Å². The van der Waals surface area contributed by atoms with Gasteiger partial charge in [-0.3, -0.25) is 0 Å². The largest absolute Gasteiger partial charge is 0.354 e. The van der Waals surface area contributed by atoms with Gasteiger partial charge in [0.1, 0.15) is 0 Å². The number of benzene rings is 4. The quantitative estimate of drug-likeness (QED) is 0.191. The number of hydrogen-bond donors (Lipinski definition) is 0. The van der Waals surface area contributed by atoms with Gasteiger partial charge in [0.05, 0.1) is 0 Å². The van der Waals surface area contributed by atoms with E-state index in [9.17, 15) is 0 Å². The highest BCUT2D eigenvalue weighted by Crippen LogP contribution is 2.41. The molecule has 1 heteroatoms. The first-order valence-electron chi connectivity index (χ1n) is 12.2. The van der Waals surface area contributed by atoms with Crippen molar-refractivity contribution in [1.82, 2.24) is 0 Å².